The Morgan fingerprint density at radius 3 is 2.76 bits per heavy atom. The van der Waals surface area contributed by atoms with Gasteiger partial charge in [-0.1, -0.05) is 25.4 Å². The summed E-state index contributed by atoms with van der Waals surface area (Å²) < 4.78 is 0. The fourth-order valence-corrected chi connectivity index (χ4v) is 2.79. The van der Waals surface area contributed by atoms with Gasteiger partial charge in [0, 0.05) is 18.7 Å². The second-order valence-corrected chi connectivity index (χ2v) is 5.93. The minimum absolute atomic E-state index is 0.338. The molecule has 1 aromatic rings. The van der Waals surface area contributed by atoms with E-state index in [9.17, 15) is 4.79 Å². The van der Waals surface area contributed by atoms with Crippen LogP contribution in [0.5, 0.6) is 0 Å². The van der Waals surface area contributed by atoms with Crippen LogP contribution < -0.4 is 4.90 Å². The van der Waals surface area contributed by atoms with Gasteiger partial charge in [-0.05, 0) is 36.5 Å². The number of aldehydes is 1. The first-order chi connectivity index (χ1) is 8.02. The van der Waals surface area contributed by atoms with Crippen molar-refractivity contribution < 1.29 is 4.79 Å². The summed E-state index contributed by atoms with van der Waals surface area (Å²) in [4.78, 5) is 13.0. The number of benzene rings is 1. The average Bonchev–Trinajstić information content (AvgIpc) is 2.27. The van der Waals surface area contributed by atoms with E-state index in [-0.39, 0.29) is 0 Å². The van der Waals surface area contributed by atoms with Gasteiger partial charge in [0.2, 0.25) is 0 Å². The minimum atomic E-state index is 0.338. The topological polar surface area (TPSA) is 20.3 Å². The van der Waals surface area contributed by atoms with Gasteiger partial charge in [-0.25, -0.2) is 0 Å². The summed E-state index contributed by atoms with van der Waals surface area (Å²) in [6.45, 7) is 6.64. The largest absolute Gasteiger partial charge is 0.370 e. The molecule has 1 aliphatic rings. The molecule has 1 aromatic carbocycles. The van der Waals surface area contributed by atoms with Crippen molar-refractivity contribution in [2.75, 3.05) is 18.0 Å². The maximum absolute atomic E-state index is 10.7. The number of piperidine rings is 1. The predicted molar refractivity (Wildman–Crippen MR) is 72.1 cm³/mol. The maximum atomic E-state index is 10.7. The molecule has 0 aliphatic carbocycles. The zero-order chi connectivity index (χ0) is 12.5. The fraction of sp³-hybridized carbons (Fsp3) is 0.500. The molecule has 0 N–H and O–H groups in total. The van der Waals surface area contributed by atoms with Crippen LogP contribution >= 0.6 is 11.6 Å². The first-order valence-corrected chi connectivity index (χ1v) is 6.39. The molecule has 1 fully saturated rings. The molecule has 0 bridgehead atoms. The Balaban J connectivity index is 2.25. The van der Waals surface area contributed by atoms with Gasteiger partial charge < -0.3 is 4.90 Å². The first-order valence-electron chi connectivity index (χ1n) is 6.01. The average molecular weight is 252 g/mol. The van der Waals surface area contributed by atoms with E-state index in [0.29, 0.717) is 16.0 Å². The maximum Gasteiger partial charge on any atom is 0.150 e. The van der Waals surface area contributed by atoms with Gasteiger partial charge >= 0.3 is 0 Å². The molecule has 0 atom stereocenters. The second-order valence-electron chi connectivity index (χ2n) is 5.52. The Bertz CT molecular complexity index is 428. The first kappa shape index (κ1) is 12.4. The van der Waals surface area contributed by atoms with Gasteiger partial charge in [-0.2, -0.15) is 0 Å². The van der Waals surface area contributed by atoms with Crippen molar-refractivity contribution in [1.29, 1.82) is 0 Å². The van der Waals surface area contributed by atoms with Crippen LogP contribution in [-0.2, 0) is 0 Å². The van der Waals surface area contributed by atoms with E-state index in [1.807, 2.05) is 12.1 Å². The van der Waals surface area contributed by atoms with E-state index >= 15 is 0 Å². The fourth-order valence-electron chi connectivity index (χ4n) is 2.48. The summed E-state index contributed by atoms with van der Waals surface area (Å²) in [5.41, 5.74) is 2.02. The molecule has 17 heavy (non-hydrogen) atoms. The Labute approximate surface area is 108 Å². The molecule has 0 unspecified atom stereocenters. The predicted octanol–water partition coefficient (Wildman–Crippen LogP) is 3.78. The lowest BCUT2D eigenvalue weighted by Crippen LogP contribution is -2.40. The third-order valence-electron chi connectivity index (χ3n) is 3.35. The van der Waals surface area contributed by atoms with E-state index in [1.54, 1.807) is 6.07 Å². The zero-order valence-corrected chi connectivity index (χ0v) is 11.1. The summed E-state index contributed by atoms with van der Waals surface area (Å²) in [7, 11) is 0. The zero-order valence-electron chi connectivity index (χ0n) is 10.4. The van der Waals surface area contributed by atoms with Crippen molar-refractivity contribution in [1.82, 2.24) is 0 Å². The number of nitrogens with zero attached hydrogens (tertiary/aromatic N) is 1. The summed E-state index contributed by atoms with van der Waals surface area (Å²) in [6.07, 6.45) is 3.28. The lowest BCUT2D eigenvalue weighted by molar-refractivity contribution is 0.112. The molecule has 1 saturated heterocycles. The Morgan fingerprint density at radius 1 is 1.41 bits per heavy atom. The van der Waals surface area contributed by atoms with Crippen molar-refractivity contribution in [3.05, 3.63) is 28.8 Å². The number of carbonyl (C=O) groups excluding carboxylic acids is 1. The van der Waals surface area contributed by atoms with E-state index in [2.05, 4.69) is 18.7 Å². The summed E-state index contributed by atoms with van der Waals surface area (Å²) in [6, 6.07) is 5.52. The number of hydrogen-bond acceptors (Lipinski definition) is 2. The van der Waals surface area contributed by atoms with Gasteiger partial charge in [0.1, 0.15) is 6.29 Å². The van der Waals surface area contributed by atoms with Crippen molar-refractivity contribution in [3.63, 3.8) is 0 Å². The lowest BCUT2D eigenvalue weighted by Gasteiger charge is -2.39. The third-order valence-corrected chi connectivity index (χ3v) is 3.65. The molecule has 0 aromatic heterocycles. The number of anilines is 1. The Morgan fingerprint density at radius 2 is 2.18 bits per heavy atom. The van der Waals surface area contributed by atoms with Crippen LogP contribution in [0.15, 0.2) is 18.2 Å². The normalized spacial score (nSPS) is 19.1. The van der Waals surface area contributed by atoms with Gasteiger partial charge in [-0.3, -0.25) is 4.79 Å². The highest BCUT2D eigenvalue weighted by Gasteiger charge is 2.27. The van der Waals surface area contributed by atoms with E-state index in [4.69, 9.17) is 11.6 Å². The van der Waals surface area contributed by atoms with Crippen LogP contribution in [0.1, 0.15) is 37.0 Å². The molecule has 0 radical (unpaired) electrons. The lowest BCUT2D eigenvalue weighted by atomic mass is 9.84. The molecule has 3 heteroatoms. The van der Waals surface area contributed by atoms with Crippen molar-refractivity contribution in [2.45, 2.75) is 26.7 Å². The molecule has 0 amide bonds. The van der Waals surface area contributed by atoms with Gasteiger partial charge in [0.15, 0.2) is 0 Å². The van der Waals surface area contributed by atoms with Gasteiger partial charge in [0.05, 0.1) is 10.7 Å². The highest BCUT2D eigenvalue weighted by molar-refractivity contribution is 6.33. The molecule has 0 spiro atoms. The summed E-state index contributed by atoms with van der Waals surface area (Å²) in [5, 5.41) is 0.673. The monoisotopic (exact) mass is 251 g/mol. The molecular weight excluding hydrogens is 234 g/mol. The van der Waals surface area contributed by atoms with Crippen molar-refractivity contribution in [2.24, 2.45) is 5.41 Å². The molecule has 2 nitrogen and oxygen atoms in total. The smallest absolute Gasteiger partial charge is 0.150 e. The number of rotatable bonds is 2. The molecule has 1 aliphatic heterocycles. The van der Waals surface area contributed by atoms with E-state index < -0.39 is 0 Å². The van der Waals surface area contributed by atoms with Gasteiger partial charge in [-0.15, -0.1) is 0 Å². The molecule has 0 saturated carbocycles. The molecule has 1 heterocycles. The van der Waals surface area contributed by atoms with Crippen LogP contribution in [0.4, 0.5) is 5.69 Å². The minimum Gasteiger partial charge on any atom is -0.370 e. The van der Waals surface area contributed by atoms with E-state index in [0.717, 1.165) is 25.1 Å². The summed E-state index contributed by atoms with van der Waals surface area (Å²) >= 11 is 6.23. The Hall–Kier alpha value is -1.02. The highest BCUT2D eigenvalue weighted by Crippen LogP contribution is 2.34. The molecule has 2 rings (SSSR count). The number of carbonyl (C=O) groups is 1. The molecular formula is C14H18ClNO. The summed E-state index contributed by atoms with van der Waals surface area (Å²) in [5.74, 6) is 0. The second kappa shape index (κ2) is 4.69. The Kier molecular flexibility index (Phi) is 3.43. The number of halogens is 1. The van der Waals surface area contributed by atoms with Crippen LogP contribution in [0.25, 0.3) is 0 Å². The highest BCUT2D eigenvalue weighted by atomic mass is 35.5. The molecule has 92 valence electrons. The van der Waals surface area contributed by atoms with Crippen LogP contribution in [-0.4, -0.2) is 19.4 Å². The van der Waals surface area contributed by atoms with Crippen LogP contribution in [0.3, 0.4) is 0 Å². The number of hydrogen-bond donors (Lipinski definition) is 0. The van der Waals surface area contributed by atoms with Gasteiger partial charge in [0.25, 0.3) is 0 Å². The van der Waals surface area contributed by atoms with Crippen molar-refractivity contribution >= 4 is 23.6 Å². The third kappa shape index (κ3) is 2.81. The van der Waals surface area contributed by atoms with Crippen LogP contribution in [0, 0.1) is 5.41 Å². The quantitative estimate of drug-likeness (QED) is 0.746. The standard InChI is InChI=1S/C14H18ClNO/c1-14(2)6-3-7-16(10-14)13-5-4-11(9-17)8-12(13)15/h4-5,8-9H,3,6-7,10H2,1-2H3. The van der Waals surface area contributed by atoms with Crippen molar-refractivity contribution in [3.8, 4) is 0 Å². The van der Waals surface area contributed by atoms with E-state index in [1.165, 1.54) is 12.8 Å². The SMILES string of the molecule is CC1(C)CCCN(c2ccc(C=O)cc2Cl)C1. The van der Waals surface area contributed by atoms with Crippen LogP contribution in [0.2, 0.25) is 5.02 Å².